The summed E-state index contributed by atoms with van der Waals surface area (Å²) in [4.78, 5) is 6.91. The van der Waals surface area contributed by atoms with Crippen LogP contribution in [0.2, 0.25) is 0 Å². The Labute approximate surface area is 147 Å². The number of nitrogens with zero attached hydrogens (tertiary/aromatic N) is 2. The Morgan fingerprint density at radius 2 is 1.81 bits per heavy atom. The molecule has 0 aromatic rings. The molecule has 2 aliphatic rings. The lowest BCUT2D eigenvalue weighted by Crippen LogP contribution is -2.43. The third-order valence-electron chi connectivity index (χ3n) is 4.92. The fourth-order valence-corrected chi connectivity index (χ4v) is 3.44. The summed E-state index contributed by atoms with van der Waals surface area (Å²) in [5, 5.41) is 7.04. The molecule has 1 aliphatic heterocycles. The van der Waals surface area contributed by atoms with E-state index < -0.39 is 0 Å². The Morgan fingerprint density at radius 3 is 2.38 bits per heavy atom. The number of guanidine groups is 1. The maximum absolute atomic E-state index is 4.35. The molecule has 2 rings (SSSR count). The van der Waals surface area contributed by atoms with Gasteiger partial charge in [0.15, 0.2) is 5.96 Å². The van der Waals surface area contributed by atoms with E-state index in [0.717, 1.165) is 18.4 Å². The molecule has 21 heavy (non-hydrogen) atoms. The van der Waals surface area contributed by atoms with Crippen molar-refractivity contribution in [2.24, 2.45) is 10.9 Å². The third-order valence-corrected chi connectivity index (χ3v) is 4.92. The summed E-state index contributed by atoms with van der Waals surface area (Å²) in [6.07, 6.45) is 9.35. The zero-order chi connectivity index (χ0) is 14.2. The number of aliphatic imine (C=N–C) groups is 1. The Morgan fingerprint density at radius 1 is 1.14 bits per heavy atom. The molecule has 0 bridgehead atoms. The van der Waals surface area contributed by atoms with Gasteiger partial charge in [0.1, 0.15) is 0 Å². The van der Waals surface area contributed by atoms with Crippen LogP contribution in [0.1, 0.15) is 51.9 Å². The predicted molar refractivity (Wildman–Crippen MR) is 102 cm³/mol. The van der Waals surface area contributed by atoms with Crippen molar-refractivity contribution in [3.8, 4) is 0 Å². The lowest BCUT2D eigenvalue weighted by atomic mass is 9.93. The summed E-state index contributed by atoms with van der Waals surface area (Å²) in [7, 11) is 1.88. The number of halogens is 1. The van der Waals surface area contributed by atoms with Gasteiger partial charge in [0.05, 0.1) is 0 Å². The molecule has 0 amide bonds. The normalized spacial score (nSPS) is 22.1. The van der Waals surface area contributed by atoms with Crippen LogP contribution >= 0.6 is 24.0 Å². The van der Waals surface area contributed by atoms with Crippen LogP contribution in [-0.2, 0) is 0 Å². The van der Waals surface area contributed by atoms with Crippen molar-refractivity contribution in [1.29, 1.82) is 0 Å². The van der Waals surface area contributed by atoms with Crippen molar-refractivity contribution >= 4 is 29.9 Å². The molecule has 0 aromatic heterocycles. The number of hydrogen-bond acceptors (Lipinski definition) is 2. The molecule has 2 fully saturated rings. The molecular formula is C16H33IN4. The average Bonchev–Trinajstić information content (AvgIpc) is 3.00. The van der Waals surface area contributed by atoms with Crippen molar-refractivity contribution in [3.05, 3.63) is 0 Å². The van der Waals surface area contributed by atoms with Crippen molar-refractivity contribution in [2.45, 2.75) is 57.9 Å². The van der Waals surface area contributed by atoms with Crippen LogP contribution in [0.4, 0.5) is 0 Å². The molecule has 0 unspecified atom stereocenters. The lowest BCUT2D eigenvalue weighted by molar-refractivity contribution is 0.187. The number of hydrogen-bond donors (Lipinski definition) is 2. The molecule has 1 saturated carbocycles. The molecule has 0 radical (unpaired) electrons. The van der Waals surface area contributed by atoms with Gasteiger partial charge >= 0.3 is 0 Å². The SMILES string of the molecule is CCN1CCC(CCNC(=NC)NC2CCCC2)CC1.I. The third kappa shape index (κ3) is 6.72. The van der Waals surface area contributed by atoms with E-state index in [9.17, 15) is 0 Å². The van der Waals surface area contributed by atoms with Crippen molar-refractivity contribution in [2.75, 3.05) is 33.2 Å². The smallest absolute Gasteiger partial charge is 0.191 e. The van der Waals surface area contributed by atoms with Crippen LogP contribution in [0, 0.1) is 5.92 Å². The van der Waals surface area contributed by atoms with Gasteiger partial charge in [-0.3, -0.25) is 4.99 Å². The van der Waals surface area contributed by atoms with E-state index in [-0.39, 0.29) is 24.0 Å². The highest BCUT2D eigenvalue weighted by molar-refractivity contribution is 14.0. The summed E-state index contributed by atoms with van der Waals surface area (Å²) >= 11 is 0. The minimum absolute atomic E-state index is 0. The molecule has 1 heterocycles. The largest absolute Gasteiger partial charge is 0.356 e. The first-order valence-corrected chi connectivity index (χ1v) is 8.51. The second-order valence-electron chi connectivity index (χ2n) is 6.29. The number of nitrogens with one attached hydrogen (secondary N) is 2. The van der Waals surface area contributed by atoms with Crippen LogP contribution in [0.3, 0.4) is 0 Å². The highest BCUT2D eigenvalue weighted by Crippen LogP contribution is 2.20. The molecule has 2 N–H and O–H groups in total. The highest BCUT2D eigenvalue weighted by Gasteiger charge is 2.18. The molecule has 1 aliphatic carbocycles. The van der Waals surface area contributed by atoms with Gasteiger partial charge < -0.3 is 15.5 Å². The van der Waals surface area contributed by atoms with Crippen molar-refractivity contribution in [1.82, 2.24) is 15.5 Å². The van der Waals surface area contributed by atoms with Gasteiger partial charge in [0, 0.05) is 19.6 Å². The maximum Gasteiger partial charge on any atom is 0.191 e. The van der Waals surface area contributed by atoms with Crippen LogP contribution in [0.15, 0.2) is 4.99 Å². The van der Waals surface area contributed by atoms with Gasteiger partial charge in [0.2, 0.25) is 0 Å². The second kappa shape index (κ2) is 10.6. The summed E-state index contributed by atoms with van der Waals surface area (Å²) in [5.74, 6) is 1.90. The van der Waals surface area contributed by atoms with E-state index in [0.29, 0.717) is 6.04 Å². The molecule has 4 nitrogen and oxygen atoms in total. The Hall–Kier alpha value is -0.0400. The van der Waals surface area contributed by atoms with E-state index in [4.69, 9.17) is 0 Å². The van der Waals surface area contributed by atoms with Crippen LogP contribution < -0.4 is 10.6 Å². The molecule has 1 saturated heterocycles. The van der Waals surface area contributed by atoms with Crippen molar-refractivity contribution < 1.29 is 0 Å². The molecule has 0 atom stereocenters. The summed E-state index contributed by atoms with van der Waals surface area (Å²) < 4.78 is 0. The highest BCUT2D eigenvalue weighted by atomic mass is 127. The van der Waals surface area contributed by atoms with Gasteiger partial charge in [0.25, 0.3) is 0 Å². The number of likely N-dealkylation sites (tertiary alicyclic amines) is 1. The van der Waals surface area contributed by atoms with Gasteiger partial charge in [-0.05, 0) is 57.7 Å². The lowest BCUT2D eigenvalue weighted by Gasteiger charge is -2.31. The molecule has 0 aromatic carbocycles. The summed E-state index contributed by atoms with van der Waals surface area (Å²) in [5.41, 5.74) is 0. The molecular weight excluding hydrogens is 375 g/mol. The maximum atomic E-state index is 4.35. The first-order chi connectivity index (χ1) is 9.81. The number of piperidine rings is 1. The molecule has 5 heteroatoms. The van der Waals surface area contributed by atoms with E-state index in [1.54, 1.807) is 0 Å². The Bertz CT molecular complexity index is 295. The van der Waals surface area contributed by atoms with Crippen LogP contribution in [0.25, 0.3) is 0 Å². The van der Waals surface area contributed by atoms with E-state index >= 15 is 0 Å². The van der Waals surface area contributed by atoms with E-state index in [1.165, 1.54) is 64.6 Å². The zero-order valence-corrected chi connectivity index (χ0v) is 16.1. The second-order valence-corrected chi connectivity index (χ2v) is 6.29. The number of rotatable bonds is 5. The standard InChI is InChI=1S/C16H32N4.HI/c1-3-20-12-9-14(10-13-20)8-11-18-16(17-2)19-15-6-4-5-7-15;/h14-15H,3-13H2,1-2H3,(H2,17,18,19);1H. The molecule has 0 spiro atoms. The van der Waals surface area contributed by atoms with Gasteiger partial charge in [-0.1, -0.05) is 19.8 Å². The van der Waals surface area contributed by atoms with Gasteiger partial charge in [-0.25, -0.2) is 0 Å². The quantitative estimate of drug-likeness (QED) is 0.418. The van der Waals surface area contributed by atoms with E-state index in [1.807, 2.05) is 7.05 Å². The average molecular weight is 408 g/mol. The summed E-state index contributed by atoms with van der Waals surface area (Å²) in [6, 6.07) is 0.647. The fraction of sp³-hybridized carbons (Fsp3) is 0.938. The topological polar surface area (TPSA) is 39.7 Å². The first kappa shape index (κ1) is 19.0. The first-order valence-electron chi connectivity index (χ1n) is 8.51. The van der Waals surface area contributed by atoms with Crippen LogP contribution in [0.5, 0.6) is 0 Å². The predicted octanol–water partition coefficient (Wildman–Crippen LogP) is 2.83. The van der Waals surface area contributed by atoms with Crippen LogP contribution in [-0.4, -0.2) is 50.1 Å². The van der Waals surface area contributed by atoms with Gasteiger partial charge in [-0.15, -0.1) is 24.0 Å². The van der Waals surface area contributed by atoms with E-state index in [2.05, 4.69) is 27.4 Å². The Kier molecular flexibility index (Phi) is 9.64. The van der Waals surface area contributed by atoms with Gasteiger partial charge in [-0.2, -0.15) is 0 Å². The minimum Gasteiger partial charge on any atom is -0.356 e. The minimum atomic E-state index is 0. The fourth-order valence-electron chi connectivity index (χ4n) is 3.44. The monoisotopic (exact) mass is 408 g/mol. The Balaban J connectivity index is 0.00000220. The zero-order valence-electron chi connectivity index (χ0n) is 13.7. The summed E-state index contributed by atoms with van der Waals surface area (Å²) in [6.45, 7) is 7.11. The molecule has 124 valence electrons. The van der Waals surface area contributed by atoms with Crippen molar-refractivity contribution in [3.63, 3.8) is 0 Å².